The summed E-state index contributed by atoms with van der Waals surface area (Å²) in [5.74, 6) is -0.408. The normalized spacial score (nSPS) is 18.6. The minimum absolute atomic E-state index is 0.0752. The Labute approximate surface area is 138 Å². The largest absolute Gasteiger partial charge is 0.368 e. The number of benzene rings is 1. The minimum atomic E-state index is -0.333. The van der Waals surface area contributed by atoms with Crippen LogP contribution < -0.4 is 11.1 Å². The van der Waals surface area contributed by atoms with Gasteiger partial charge >= 0.3 is 0 Å². The summed E-state index contributed by atoms with van der Waals surface area (Å²) < 4.78 is 0. The first-order chi connectivity index (χ1) is 11.1. The van der Waals surface area contributed by atoms with Crippen LogP contribution in [0.2, 0.25) is 0 Å². The maximum atomic E-state index is 12.5. The molecule has 23 heavy (non-hydrogen) atoms. The number of rotatable bonds is 6. The van der Waals surface area contributed by atoms with Gasteiger partial charge in [-0.25, -0.2) is 0 Å². The average molecular weight is 317 g/mol. The van der Waals surface area contributed by atoms with Crippen LogP contribution in [-0.4, -0.2) is 35.8 Å². The fourth-order valence-electron chi connectivity index (χ4n) is 3.27. The van der Waals surface area contributed by atoms with Crippen molar-refractivity contribution in [3.05, 3.63) is 29.3 Å². The van der Waals surface area contributed by atoms with Crippen molar-refractivity contribution in [2.24, 2.45) is 5.73 Å². The summed E-state index contributed by atoms with van der Waals surface area (Å²) in [5.41, 5.74) is 8.67. The first-order valence-electron chi connectivity index (χ1n) is 8.50. The summed E-state index contributed by atoms with van der Waals surface area (Å²) in [6.45, 7) is 5.13. The van der Waals surface area contributed by atoms with E-state index in [0.717, 1.165) is 55.5 Å². The van der Waals surface area contributed by atoms with Crippen LogP contribution in [0.5, 0.6) is 0 Å². The summed E-state index contributed by atoms with van der Waals surface area (Å²) in [5, 5.41) is 3.06. The van der Waals surface area contributed by atoms with Crippen molar-refractivity contribution in [1.29, 1.82) is 0 Å². The summed E-state index contributed by atoms with van der Waals surface area (Å²) in [6, 6.07) is 5.80. The predicted octanol–water partition coefficient (Wildman–Crippen LogP) is 2.09. The molecule has 1 heterocycles. The molecule has 5 heteroatoms. The number of carbonyl (C=O) groups excluding carboxylic acids is 2. The molecule has 0 saturated carbocycles. The molecule has 0 bridgehead atoms. The Kier molecular flexibility index (Phi) is 6.16. The lowest BCUT2D eigenvalue weighted by molar-refractivity contribution is -0.126. The molecule has 126 valence electrons. The van der Waals surface area contributed by atoms with Gasteiger partial charge in [0, 0.05) is 5.69 Å². The van der Waals surface area contributed by atoms with E-state index in [9.17, 15) is 9.59 Å². The van der Waals surface area contributed by atoms with Crippen LogP contribution in [0.1, 0.15) is 44.2 Å². The number of nitrogens with zero attached hydrogens (tertiary/aromatic N) is 1. The first kappa shape index (κ1) is 17.5. The minimum Gasteiger partial charge on any atom is -0.368 e. The van der Waals surface area contributed by atoms with E-state index >= 15 is 0 Å². The van der Waals surface area contributed by atoms with Gasteiger partial charge in [-0.1, -0.05) is 38.5 Å². The molecule has 1 aromatic carbocycles. The van der Waals surface area contributed by atoms with Crippen LogP contribution in [0.3, 0.4) is 0 Å². The molecule has 1 aliphatic heterocycles. The molecule has 2 amide bonds. The Morgan fingerprint density at radius 3 is 2.43 bits per heavy atom. The number of hydrogen-bond donors (Lipinski definition) is 2. The topological polar surface area (TPSA) is 75.4 Å². The number of aryl methyl sites for hydroxylation is 2. The Hall–Kier alpha value is -1.88. The smallest absolute Gasteiger partial charge is 0.238 e. The van der Waals surface area contributed by atoms with Crippen molar-refractivity contribution >= 4 is 17.5 Å². The highest BCUT2D eigenvalue weighted by Crippen LogP contribution is 2.23. The van der Waals surface area contributed by atoms with Gasteiger partial charge in [0.15, 0.2) is 0 Å². The van der Waals surface area contributed by atoms with Crippen molar-refractivity contribution < 1.29 is 9.59 Å². The molecule has 2 rings (SSSR count). The molecule has 5 nitrogen and oxygen atoms in total. The molecule has 1 fully saturated rings. The first-order valence-corrected chi connectivity index (χ1v) is 8.50. The molecule has 1 unspecified atom stereocenters. The van der Waals surface area contributed by atoms with Gasteiger partial charge < -0.3 is 11.1 Å². The quantitative estimate of drug-likeness (QED) is 0.843. The van der Waals surface area contributed by atoms with E-state index in [-0.39, 0.29) is 24.4 Å². The second kappa shape index (κ2) is 8.11. The van der Waals surface area contributed by atoms with E-state index in [1.54, 1.807) is 0 Å². The molecule has 1 aliphatic rings. The van der Waals surface area contributed by atoms with Crippen molar-refractivity contribution in [1.82, 2.24) is 4.90 Å². The third-order valence-corrected chi connectivity index (χ3v) is 4.55. The van der Waals surface area contributed by atoms with Crippen molar-refractivity contribution in [2.75, 3.05) is 18.4 Å². The SMILES string of the molecule is CCc1cccc(CC)c1NC(=O)CN1CCCCC1C(N)=O. The molecule has 0 aromatic heterocycles. The maximum Gasteiger partial charge on any atom is 0.238 e. The number of piperidine rings is 1. The highest BCUT2D eigenvalue weighted by Gasteiger charge is 2.28. The monoisotopic (exact) mass is 317 g/mol. The molecular weight excluding hydrogens is 290 g/mol. The van der Waals surface area contributed by atoms with Crippen LogP contribution in [0.15, 0.2) is 18.2 Å². The van der Waals surface area contributed by atoms with E-state index < -0.39 is 0 Å². The Morgan fingerprint density at radius 2 is 1.87 bits per heavy atom. The fourth-order valence-corrected chi connectivity index (χ4v) is 3.27. The standard InChI is InChI=1S/C18H27N3O2/c1-3-13-8-7-9-14(4-2)17(13)20-16(22)12-21-11-6-5-10-15(21)18(19)23/h7-9,15H,3-6,10-12H2,1-2H3,(H2,19,23)(H,20,22). The Morgan fingerprint density at radius 1 is 1.22 bits per heavy atom. The Bertz CT molecular complexity index is 549. The maximum absolute atomic E-state index is 12.5. The van der Waals surface area contributed by atoms with Gasteiger partial charge in [-0.15, -0.1) is 0 Å². The molecule has 1 atom stereocenters. The lowest BCUT2D eigenvalue weighted by Crippen LogP contribution is -2.50. The van der Waals surface area contributed by atoms with Crippen molar-refractivity contribution in [2.45, 2.75) is 52.0 Å². The predicted molar refractivity (Wildman–Crippen MR) is 92.2 cm³/mol. The molecule has 0 spiro atoms. The van der Waals surface area contributed by atoms with Crippen LogP contribution >= 0.6 is 0 Å². The van der Waals surface area contributed by atoms with Gasteiger partial charge in [-0.05, 0) is 43.4 Å². The number of para-hydroxylation sites is 1. The van der Waals surface area contributed by atoms with E-state index in [0.29, 0.717) is 0 Å². The highest BCUT2D eigenvalue weighted by molar-refractivity contribution is 5.94. The van der Waals surface area contributed by atoms with Crippen LogP contribution in [-0.2, 0) is 22.4 Å². The number of primary amides is 1. The summed E-state index contributed by atoms with van der Waals surface area (Å²) in [4.78, 5) is 25.9. The number of nitrogens with one attached hydrogen (secondary N) is 1. The number of amides is 2. The summed E-state index contributed by atoms with van der Waals surface area (Å²) >= 11 is 0. The van der Waals surface area contributed by atoms with Gasteiger partial charge in [-0.2, -0.15) is 0 Å². The number of anilines is 1. The second-order valence-electron chi connectivity index (χ2n) is 6.09. The van der Waals surface area contributed by atoms with E-state index in [4.69, 9.17) is 5.73 Å². The fraction of sp³-hybridized carbons (Fsp3) is 0.556. The van der Waals surface area contributed by atoms with E-state index in [2.05, 4.69) is 19.2 Å². The molecule has 3 N–H and O–H groups in total. The number of likely N-dealkylation sites (tertiary alicyclic amines) is 1. The summed E-state index contributed by atoms with van der Waals surface area (Å²) in [7, 11) is 0. The van der Waals surface area contributed by atoms with Crippen LogP contribution in [0.25, 0.3) is 0 Å². The van der Waals surface area contributed by atoms with Crippen LogP contribution in [0, 0.1) is 0 Å². The van der Waals surface area contributed by atoms with Crippen LogP contribution in [0.4, 0.5) is 5.69 Å². The highest BCUT2D eigenvalue weighted by atomic mass is 16.2. The van der Waals surface area contributed by atoms with Gasteiger partial charge in [0.05, 0.1) is 12.6 Å². The van der Waals surface area contributed by atoms with Crippen molar-refractivity contribution in [3.8, 4) is 0 Å². The van der Waals surface area contributed by atoms with E-state index in [1.807, 2.05) is 23.1 Å². The lowest BCUT2D eigenvalue weighted by atomic mass is 10.0. The third-order valence-electron chi connectivity index (χ3n) is 4.55. The van der Waals surface area contributed by atoms with Gasteiger partial charge in [0.2, 0.25) is 11.8 Å². The molecule has 0 radical (unpaired) electrons. The lowest BCUT2D eigenvalue weighted by Gasteiger charge is -2.33. The Balaban J connectivity index is 2.09. The van der Waals surface area contributed by atoms with Gasteiger partial charge in [0.25, 0.3) is 0 Å². The average Bonchev–Trinajstić information content (AvgIpc) is 2.55. The molecular formula is C18H27N3O2. The molecule has 1 saturated heterocycles. The number of carbonyl (C=O) groups is 2. The van der Waals surface area contributed by atoms with Crippen molar-refractivity contribution in [3.63, 3.8) is 0 Å². The van der Waals surface area contributed by atoms with Gasteiger partial charge in [0.1, 0.15) is 0 Å². The second-order valence-corrected chi connectivity index (χ2v) is 6.09. The number of nitrogens with two attached hydrogens (primary N) is 1. The zero-order valence-electron chi connectivity index (χ0n) is 14.1. The number of hydrogen-bond acceptors (Lipinski definition) is 3. The summed E-state index contributed by atoms with van der Waals surface area (Å²) in [6.07, 6.45) is 4.48. The van der Waals surface area contributed by atoms with E-state index in [1.165, 1.54) is 0 Å². The third kappa shape index (κ3) is 4.32. The zero-order valence-corrected chi connectivity index (χ0v) is 14.1. The molecule has 0 aliphatic carbocycles. The van der Waals surface area contributed by atoms with Gasteiger partial charge in [-0.3, -0.25) is 14.5 Å². The molecule has 1 aromatic rings. The zero-order chi connectivity index (χ0) is 16.8.